The molecule has 0 unspecified atom stereocenters. The molecule has 0 aliphatic carbocycles. The third-order valence-electron chi connectivity index (χ3n) is 4.14. The van der Waals surface area contributed by atoms with Crippen molar-refractivity contribution >= 4 is 17.2 Å². The molecular formula is C17H24N4O2S. The summed E-state index contributed by atoms with van der Waals surface area (Å²) < 4.78 is 5.63. The monoisotopic (exact) mass is 348 g/mol. The Balaban J connectivity index is 1.45. The van der Waals surface area contributed by atoms with Gasteiger partial charge in [0.25, 0.3) is 0 Å². The first-order valence-corrected chi connectivity index (χ1v) is 9.41. The van der Waals surface area contributed by atoms with Gasteiger partial charge in [-0.1, -0.05) is 13.8 Å². The minimum atomic E-state index is 0.175. The van der Waals surface area contributed by atoms with Crippen LogP contribution in [0.3, 0.4) is 0 Å². The highest BCUT2D eigenvalue weighted by Gasteiger charge is 2.21. The topological polar surface area (TPSA) is 62.5 Å². The summed E-state index contributed by atoms with van der Waals surface area (Å²) in [5.74, 6) is 1.90. The van der Waals surface area contributed by atoms with Crippen molar-refractivity contribution < 1.29 is 9.21 Å². The molecule has 0 radical (unpaired) electrons. The van der Waals surface area contributed by atoms with Gasteiger partial charge >= 0.3 is 0 Å². The van der Waals surface area contributed by atoms with E-state index >= 15 is 0 Å². The second-order valence-corrected chi connectivity index (χ2v) is 7.37. The molecule has 1 fully saturated rings. The summed E-state index contributed by atoms with van der Waals surface area (Å²) in [6.07, 6.45) is 0.928. The maximum absolute atomic E-state index is 12.4. The Morgan fingerprint density at radius 1 is 1.29 bits per heavy atom. The normalized spacial score (nSPS) is 16.0. The van der Waals surface area contributed by atoms with E-state index in [1.807, 2.05) is 21.7 Å². The van der Waals surface area contributed by atoms with E-state index in [9.17, 15) is 4.79 Å². The van der Waals surface area contributed by atoms with Crippen molar-refractivity contribution in [2.45, 2.75) is 26.7 Å². The predicted octanol–water partition coefficient (Wildman–Crippen LogP) is 2.53. The van der Waals surface area contributed by atoms with Gasteiger partial charge < -0.3 is 9.32 Å². The lowest BCUT2D eigenvalue weighted by atomic mass is 10.2. The van der Waals surface area contributed by atoms with Crippen LogP contribution in [0.15, 0.2) is 21.2 Å². The zero-order valence-corrected chi connectivity index (χ0v) is 15.1. The van der Waals surface area contributed by atoms with Crippen LogP contribution in [-0.4, -0.2) is 58.6 Å². The van der Waals surface area contributed by atoms with Crippen LogP contribution in [-0.2, 0) is 11.2 Å². The lowest BCUT2D eigenvalue weighted by Gasteiger charge is -2.35. The highest BCUT2D eigenvalue weighted by Crippen LogP contribution is 2.21. The molecule has 1 aliphatic rings. The van der Waals surface area contributed by atoms with E-state index in [1.165, 1.54) is 0 Å². The van der Waals surface area contributed by atoms with Crippen LogP contribution < -0.4 is 0 Å². The number of piperazine rings is 1. The molecule has 7 heteroatoms. The first-order chi connectivity index (χ1) is 11.6. The zero-order chi connectivity index (χ0) is 16.9. The van der Waals surface area contributed by atoms with Gasteiger partial charge in [-0.05, 0) is 17.4 Å². The van der Waals surface area contributed by atoms with Gasteiger partial charge in [0.15, 0.2) is 0 Å². The largest absolute Gasteiger partial charge is 0.421 e. The number of aryl methyl sites for hydroxylation is 1. The van der Waals surface area contributed by atoms with Crippen LogP contribution >= 0.6 is 11.3 Å². The van der Waals surface area contributed by atoms with Crippen molar-refractivity contribution in [3.05, 3.63) is 22.7 Å². The fourth-order valence-electron chi connectivity index (χ4n) is 2.93. The van der Waals surface area contributed by atoms with Crippen LogP contribution in [0, 0.1) is 5.92 Å². The van der Waals surface area contributed by atoms with Crippen molar-refractivity contribution in [2.24, 2.45) is 5.92 Å². The number of amides is 1. The smallest absolute Gasteiger partial charge is 0.248 e. The molecule has 1 aliphatic heterocycles. The highest BCUT2D eigenvalue weighted by molar-refractivity contribution is 7.08. The molecule has 2 aromatic heterocycles. The van der Waals surface area contributed by atoms with Gasteiger partial charge in [0, 0.05) is 56.5 Å². The van der Waals surface area contributed by atoms with E-state index in [-0.39, 0.29) is 5.91 Å². The minimum Gasteiger partial charge on any atom is -0.421 e. The van der Waals surface area contributed by atoms with Gasteiger partial charge in [-0.3, -0.25) is 9.69 Å². The lowest BCUT2D eigenvalue weighted by molar-refractivity contribution is -0.133. The van der Waals surface area contributed by atoms with E-state index in [0.29, 0.717) is 30.5 Å². The van der Waals surface area contributed by atoms with Gasteiger partial charge in [-0.2, -0.15) is 11.3 Å². The number of aromatic nitrogens is 2. The fourth-order valence-corrected chi connectivity index (χ4v) is 3.56. The predicted molar refractivity (Wildman–Crippen MR) is 93.8 cm³/mol. The molecule has 24 heavy (non-hydrogen) atoms. The van der Waals surface area contributed by atoms with Crippen LogP contribution in [0.25, 0.3) is 11.5 Å². The van der Waals surface area contributed by atoms with E-state index in [2.05, 4.69) is 28.9 Å². The Labute approximate surface area is 146 Å². The summed E-state index contributed by atoms with van der Waals surface area (Å²) in [6.45, 7) is 9.12. The van der Waals surface area contributed by atoms with Crippen molar-refractivity contribution in [1.29, 1.82) is 0 Å². The number of hydrogen-bond acceptors (Lipinski definition) is 6. The molecule has 6 nitrogen and oxygen atoms in total. The Kier molecular flexibility index (Phi) is 5.63. The van der Waals surface area contributed by atoms with Gasteiger partial charge in [0.05, 0.1) is 0 Å². The van der Waals surface area contributed by atoms with E-state index in [1.54, 1.807) is 11.3 Å². The van der Waals surface area contributed by atoms with Crippen molar-refractivity contribution in [3.8, 4) is 11.5 Å². The SMILES string of the molecule is CC(C)CN1CCN(C(=O)CCc2nnc(-c3ccsc3)o2)CC1. The Hall–Kier alpha value is -1.73. The van der Waals surface area contributed by atoms with Crippen molar-refractivity contribution in [1.82, 2.24) is 20.0 Å². The summed E-state index contributed by atoms with van der Waals surface area (Å²) in [5.41, 5.74) is 0.936. The molecule has 0 saturated carbocycles. The second kappa shape index (κ2) is 7.90. The molecule has 3 heterocycles. The number of nitrogens with zero attached hydrogens (tertiary/aromatic N) is 4. The standard InChI is InChI=1S/C17H24N4O2S/c1-13(2)11-20-6-8-21(9-7-20)16(22)4-3-15-18-19-17(23-15)14-5-10-24-12-14/h5,10,12-13H,3-4,6-9,11H2,1-2H3. The summed E-state index contributed by atoms with van der Waals surface area (Å²) >= 11 is 1.59. The fraction of sp³-hybridized carbons (Fsp3) is 0.588. The molecule has 0 bridgehead atoms. The molecule has 0 N–H and O–H groups in total. The van der Waals surface area contributed by atoms with Crippen molar-refractivity contribution in [3.63, 3.8) is 0 Å². The molecule has 2 aromatic rings. The van der Waals surface area contributed by atoms with Gasteiger partial charge in [0.1, 0.15) is 0 Å². The molecule has 3 rings (SSSR count). The summed E-state index contributed by atoms with van der Waals surface area (Å²) in [5, 5.41) is 12.0. The van der Waals surface area contributed by atoms with Crippen molar-refractivity contribution in [2.75, 3.05) is 32.7 Å². The van der Waals surface area contributed by atoms with E-state index in [4.69, 9.17) is 4.42 Å². The Bertz CT molecular complexity index is 645. The maximum Gasteiger partial charge on any atom is 0.248 e. The lowest BCUT2D eigenvalue weighted by Crippen LogP contribution is -2.49. The number of hydrogen-bond donors (Lipinski definition) is 0. The third kappa shape index (κ3) is 4.42. The number of rotatable bonds is 6. The first kappa shape index (κ1) is 17.1. The molecule has 0 spiro atoms. The summed E-state index contributed by atoms with van der Waals surface area (Å²) in [7, 11) is 0. The van der Waals surface area contributed by atoms with E-state index < -0.39 is 0 Å². The van der Waals surface area contributed by atoms with Gasteiger partial charge in [-0.25, -0.2) is 0 Å². The molecule has 1 amide bonds. The molecular weight excluding hydrogens is 324 g/mol. The average molecular weight is 348 g/mol. The Morgan fingerprint density at radius 3 is 2.75 bits per heavy atom. The van der Waals surface area contributed by atoms with Crippen LogP contribution in [0.5, 0.6) is 0 Å². The maximum atomic E-state index is 12.4. The number of carbonyl (C=O) groups excluding carboxylic acids is 1. The number of carbonyl (C=O) groups is 1. The minimum absolute atomic E-state index is 0.175. The second-order valence-electron chi connectivity index (χ2n) is 6.59. The summed E-state index contributed by atoms with van der Waals surface area (Å²) in [6, 6.07) is 1.95. The highest BCUT2D eigenvalue weighted by atomic mass is 32.1. The Morgan fingerprint density at radius 2 is 2.08 bits per heavy atom. The number of thiophene rings is 1. The molecule has 1 saturated heterocycles. The summed E-state index contributed by atoms with van der Waals surface area (Å²) in [4.78, 5) is 16.7. The van der Waals surface area contributed by atoms with Gasteiger partial charge in [0.2, 0.25) is 17.7 Å². The van der Waals surface area contributed by atoms with E-state index in [0.717, 1.165) is 38.3 Å². The third-order valence-corrected chi connectivity index (χ3v) is 4.82. The van der Waals surface area contributed by atoms with Gasteiger partial charge in [-0.15, -0.1) is 10.2 Å². The van der Waals surface area contributed by atoms with Crippen LogP contribution in [0.4, 0.5) is 0 Å². The molecule has 0 aromatic carbocycles. The van der Waals surface area contributed by atoms with Crippen LogP contribution in [0.2, 0.25) is 0 Å². The zero-order valence-electron chi connectivity index (χ0n) is 14.3. The molecule has 130 valence electrons. The first-order valence-electron chi connectivity index (χ1n) is 8.47. The molecule has 0 atom stereocenters. The quantitative estimate of drug-likeness (QED) is 0.803. The van der Waals surface area contributed by atoms with Crippen LogP contribution in [0.1, 0.15) is 26.2 Å². The average Bonchev–Trinajstić information content (AvgIpc) is 3.24.